The first-order valence-corrected chi connectivity index (χ1v) is 7.43. The summed E-state index contributed by atoms with van der Waals surface area (Å²) in [6.45, 7) is 0.390. The molecule has 22 heavy (non-hydrogen) atoms. The monoisotopic (exact) mass is 299 g/mol. The molecule has 0 saturated carbocycles. The van der Waals surface area contributed by atoms with Gasteiger partial charge >= 0.3 is 0 Å². The molecular weight excluding hydrogens is 281 g/mol. The highest BCUT2D eigenvalue weighted by Gasteiger charge is 2.27. The number of halogens is 1. The Morgan fingerprint density at radius 3 is 2.55 bits per heavy atom. The summed E-state index contributed by atoms with van der Waals surface area (Å²) in [4.78, 5) is 11.9. The van der Waals surface area contributed by atoms with Crippen molar-refractivity contribution < 1.29 is 13.9 Å². The van der Waals surface area contributed by atoms with Crippen LogP contribution in [0.25, 0.3) is 0 Å². The lowest BCUT2D eigenvalue weighted by Gasteiger charge is -2.30. The van der Waals surface area contributed by atoms with Gasteiger partial charge in [0.05, 0.1) is 6.04 Å². The van der Waals surface area contributed by atoms with Crippen LogP contribution in [0, 0.1) is 5.82 Å². The summed E-state index contributed by atoms with van der Waals surface area (Å²) >= 11 is 0. The molecule has 4 heteroatoms. The van der Waals surface area contributed by atoms with Gasteiger partial charge in [-0.25, -0.2) is 4.39 Å². The second-order valence-electron chi connectivity index (χ2n) is 5.58. The highest BCUT2D eigenvalue weighted by molar-refractivity contribution is 5.78. The van der Waals surface area contributed by atoms with Gasteiger partial charge in [0.1, 0.15) is 18.2 Å². The Bertz CT molecular complexity index is 627. The number of ether oxygens (including phenoxy) is 1. The summed E-state index contributed by atoms with van der Waals surface area (Å²) in [5.74, 6) is 0.588. The summed E-state index contributed by atoms with van der Waals surface area (Å²) in [6.07, 6.45) is 1.36. The number of carbonyl (C=O) groups is 1. The molecule has 3 rings (SSSR count). The van der Waals surface area contributed by atoms with E-state index in [4.69, 9.17) is 4.74 Å². The van der Waals surface area contributed by atoms with Gasteiger partial charge in [0.2, 0.25) is 5.91 Å². The average Bonchev–Trinajstić information content (AvgIpc) is 2.55. The van der Waals surface area contributed by atoms with E-state index in [-0.39, 0.29) is 23.7 Å². The second-order valence-corrected chi connectivity index (χ2v) is 5.58. The van der Waals surface area contributed by atoms with Crippen LogP contribution in [0.5, 0.6) is 5.75 Å². The number of nitrogens with one attached hydrogen (secondary N) is 1. The zero-order valence-electron chi connectivity index (χ0n) is 12.2. The number of benzene rings is 2. The van der Waals surface area contributed by atoms with E-state index in [2.05, 4.69) is 17.4 Å². The summed E-state index contributed by atoms with van der Waals surface area (Å²) in [6, 6.07) is 15.9. The number of piperidine rings is 1. The van der Waals surface area contributed by atoms with Gasteiger partial charge in [-0.15, -0.1) is 0 Å². The molecule has 1 saturated heterocycles. The molecule has 1 fully saturated rings. The standard InChI is InChI=1S/C18H18FNO2/c19-15-6-8-17(9-7-15)22-12-16-10-14(11-18(21)20-16)13-4-2-1-3-5-13/h1-9,14,16H,10-12H2,(H,20,21)/t14-,16+/m1/s1. The molecule has 3 nitrogen and oxygen atoms in total. The van der Waals surface area contributed by atoms with Crippen molar-refractivity contribution in [1.82, 2.24) is 5.32 Å². The molecule has 1 heterocycles. The molecule has 0 bridgehead atoms. The predicted octanol–water partition coefficient (Wildman–Crippen LogP) is 3.27. The minimum Gasteiger partial charge on any atom is -0.491 e. The smallest absolute Gasteiger partial charge is 0.220 e. The minimum absolute atomic E-state index is 0.0310. The fourth-order valence-corrected chi connectivity index (χ4v) is 2.81. The van der Waals surface area contributed by atoms with E-state index in [1.165, 1.54) is 17.7 Å². The van der Waals surface area contributed by atoms with Crippen LogP contribution in [0.4, 0.5) is 4.39 Å². The number of hydrogen-bond acceptors (Lipinski definition) is 2. The second kappa shape index (κ2) is 6.60. The summed E-state index contributed by atoms with van der Waals surface area (Å²) in [5, 5.41) is 2.96. The Balaban J connectivity index is 1.61. The van der Waals surface area contributed by atoms with Gasteiger partial charge in [-0.2, -0.15) is 0 Å². The Morgan fingerprint density at radius 2 is 1.82 bits per heavy atom. The van der Waals surface area contributed by atoms with Crippen LogP contribution >= 0.6 is 0 Å². The van der Waals surface area contributed by atoms with Crippen LogP contribution in [0.15, 0.2) is 54.6 Å². The summed E-state index contributed by atoms with van der Waals surface area (Å²) < 4.78 is 18.5. The first kappa shape index (κ1) is 14.6. The van der Waals surface area contributed by atoms with Gasteiger partial charge in [0.25, 0.3) is 0 Å². The fraction of sp³-hybridized carbons (Fsp3) is 0.278. The molecule has 1 aliphatic heterocycles. The maximum absolute atomic E-state index is 12.9. The van der Waals surface area contributed by atoms with Gasteiger partial charge in [0, 0.05) is 6.42 Å². The van der Waals surface area contributed by atoms with Gasteiger partial charge in [-0.3, -0.25) is 4.79 Å². The van der Waals surface area contributed by atoms with E-state index >= 15 is 0 Å². The van der Waals surface area contributed by atoms with Crippen LogP contribution in [-0.4, -0.2) is 18.6 Å². The Kier molecular flexibility index (Phi) is 4.37. The van der Waals surface area contributed by atoms with Crippen LogP contribution in [0.2, 0.25) is 0 Å². The molecule has 0 radical (unpaired) electrons. The first-order chi connectivity index (χ1) is 10.7. The number of hydrogen-bond donors (Lipinski definition) is 1. The van der Waals surface area contributed by atoms with E-state index < -0.39 is 0 Å². The van der Waals surface area contributed by atoms with Gasteiger partial charge in [-0.05, 0) is 42.2 Å². The molecule has 0 spiro atoms. The van der Waals surface area contributed by atoms with Crippen molar-refractivity contribution >= 4 is 5.91 Å². The van der Waals surface area contributed by atoms with E-state index in [1.54, 1.807) is 12.1 Å². The Morgan fingerprint density at radius 1 is 1.09 bits per heavy atom. The lowest BCUT2D eigenvalue weighted by atomic mass is 9.86. The maximum Gasteiger partial charge on any atom is 0.220 e. The topological polar surface area (TPSA) is 38.3 Å². The predicted molar refractivity (Wildman–Crippen MR) is 82.2 cm³/mol. The first-order valence-electron chi connectivity index (χ1n) is 7.43. The van der Waals surface area contributed by atoms with Crippen molar-refractivity contribution in [2.75, 3.05) is 6.61 Å². The van der Waals surface area contributed by atoms with Gasteiger partial charge < -0.3 is 10.1 Å². The van der Waals surface area contributed by atoms with E-state index in [0.29, 0.717) is 18.8 Å². The average molecular weight is 299 g/mol. The van der Waals surface area contributed by atoms with E-state index in [1.807, 2.05) is 18.2 Å². The molecule has 114 valence electrons. The molecule has 0 aromatic heterocycles. The number of rotatable bonds is 4. The third-order valence-electron chi connectivity index (χ3n) is 3.90. The van der Waals surface area contributed by atoms with Crippen LogP contribution in [0.1, 0.15) is 24.3 Å². The van der Waals surface area contributed by atoms with Crippen molar-refractivity contribution in [2.24, 2.45) is 0 Å². The van der Waals surface area contributed by atoms with Gasteiger partial charge in [0.15, 0.2) is 0 Å². The third-order valence-corrected chi connectivity index (χ3v) is 3.90. The quantitative estimate of drug-likeness (QED) is 0.941. The Labute approximate surface area is 129 Å². The molecule has 1 aliphatic rings. The molecule has 1 amide bonds. The minimum atomic E-state index is -0.289. The highest BCUT2D eigenvalue weighted by atomic mass is 19.1. The zero-order valence-corrected chi connectivity index (χ0v) is 12.2. The fourth-order valence-electron chi connectivity index (χ4n) is 2.81. The van der Waals surface area contributed by atoms with Crippen LogP contribution in [0.3, 0.4) is 0 Å². The summed E-state index contributed by atoms with van der Waals surface area (Å²) in [7, 11) is 0. The van der Waals surface area contributed by atoms with Gasteiger partial charge in [-0.1, -0.05) is 30.3 Å². The largest absolute Gasteiger partial charge is 0.491 e. The number of amides is 1. The summed E-state index contributed by atoms with van der Waals surface area (Å²) in [5.41, 5.74) is 1.18. The van der Waals surface area contributed by atoms with Crippen molar-refractivity contribution in [3.8, 4) is 5.75 Å². The van der Waals surface area contributed by atoms with Crippen molar-refractivity contribution in [3.05, 3.63) is 66.0 Å². The lowest BCUT2D eigenvalue weighted by Crippen LogP contribution is -2.44. The Hall–Kier alpha value is -2.36. The van der Waals surface area contributed by atoms with Crippen molar-refractivity contribution in [2.45, 2.75) is 24.8 Å². The van der Waals surface area contributed by atoms with E-state index in [9.17, 15) is 9.18 Å². The van der Waals surface area contributed by atoms with Crippen molar-refractivity contribution in [1.29, 1.82) is 0 Å². The van der Waals surface area contributed by atoms with E-state index in [0.717, 1.165) is 6.42 Å². The van der Waals surface area contributed by atoms with Crippen LogP contribution < -0.4 is 10.1 Å². The zero-order chi connectivity index (χ0) is 15.4. The molecule has 2 aromatic rings. The van der Waals surface area contributed by atoms with Crippen LogP contribution in [-0.2, 0) is 4.79 Å². The molecule has 1 N–H and O–H groups in total. The number of carbonyl (C=O) groups excluding carboxylic acids is 1. The normalized spacial score (nSPS) is 21.2. The molecule has 2 atom stereocenters. The lowest BCUT2D eigenvalue weighted by molar-refractivity contribution is -0.124. The molecule has 0 aliphatic carbocycles. The SMILES string of the molecule is O=C1C[C@H](c2ccccc2)C[C@@H](COc2ccc(F)cc2)N1. The molecule has 2 aromatic carbocycles. The molecule has 0 unspecified atom stereocenters. The third kappa shape index (κ3) is 3.64. The maximum atomic E-state index is 12.9. The highest BCUT2D eigenvalue weighted by Crippen LogP contribution is 2.28. The molecular formula is C18H18FNO2. The van der Waals surface area contributed by atoms with Crippen molar-refractivity contribution in [3.63, 3.8) is 0 Å².